The summed E-state index contributed by atoms with van der Waals surface area (Å²) >= 11 is 1.72. The van der Waals surface area contributed by atoms with Crippen molar-refractivity contribution in [2.45, 2.75) is 6.92 Å². The van der Waals surface area contributed by atoms with E-state index in [1.807, 2.05) is 37.3 Å². The number of hydrogen-bond acceptors (Lipinski definition) is 2. The normalized spacial score (nSPS) is 17.6. The van der Waals surface area contributed by atoms with Gasteiger partial charge in [0, 0.05) is 10.7 Å². The topological polar surface area (TPSA) is 23.8 Å². The summed E-state index contributed by atoms with van der Waals surface area (Å²) in [6, 6.07) is 10.3. The molecule has 0 fully saturated rings. The van der Waals surface area contributed by atoms with Gasteiger partial charge in [0.15, 0.2) is 0 Å². The van der Waals surface area contributed by atoms with Crippen molar-refractivity contribution in [2.75, 3.05) is 5.75 Å². The standard InChI is InChI=1S/C13H11NS/c1-10-5-2-3-6-11(10)12(9-14)13-7-4-8-15-13/h2-7H,8H2,1H3/b13-12-. The fourth-order valence-corrected chi connectivity index (χ4v) is 2.46. The number of nitriles is 1. The summed E-state index contributed by atoms with van der Waals surface area (Å²) < 4.78 is 0. The second kappa shape index (κ2) is 4.37. The smallest absolute Gasteiger partial charge is 0.101 e. The molecule has 0 unspecified atom stereocenters. The largest absolute Gasteiger partial charge is 0.192 e. The van der Waals surface area contributed by atoms with E-state index in [2.05, 4.69) is 12.1 Å². The van der Waals surface area contributed by atoms with Crippen molar-refractivity contribution < 1.29 is 0 Å². The molecule has 15 heavy (non-hydrogen) atoms. The minimum Gasteiger partial charge on any atom is -0.192 e. The Morgan fingerprint density at radius 3 is 2.80 bits per heavy atom. The number of aryl methyl sites for hydroxylation is 1. The van der Waals surface area contributed by atoms with Crippen LogP contribution in [0, 0.1) is 18.3 Å². The molecule has 0 aliphatic carbocycles. The van der Waals surface area contributed by atoms with Gasteiger partial charge in [0.25, 0.3) is 0 Å². The number of rotatable bonds is 1. The van der Waals surface area contributed by atoms with E-state index >= 15 is 0 Å². The molecule has 2 heteroatoms. The monoisotopic (exact) mass is 213 g/mol. The van der Waals surface area contributed by atoms with Crippen LogP contribution in [0.3, 0.4) is 0 Å². The molecule has 1 heterocycles. The van der Waals surface area contributed by atoms with Gasteiger partial charge in [-0.3, -0.25) is 0 Å². The fourth-order valence-electron chi connectivity index (χ4n) is 1.60. The van der Waals surface area contributed by atoms with Gasteiger partial charge in [-0.25, -0.2) is 0 Å². The summed E-state index contributed by atoms with van der Waals surface area (Å²) in [4.78, 5) is 1.09. The zero-order valence-corrected chi connectivity index (χ0v) is 9.34. The highest BCUT2D eigenvalue weighted by atomic mass is 32.2. The van der Waals surface area contributed by atoms with Crippen LogP contribution in [0.5, 0.6) is 0 Å². The molecule has 1 aromatic rings. The molecule has 1 aliphatic rings. The van der Waals surface area contributed by atoms with Crippen LogP contribution in [0.15, 0.2) is 41.3 Å². The number of hydrogen-bond donors (Lipinski definition) is 0. The lowest BCUT2D eigenvalue weighted by Gasteiger charge is -2.05. The van der Waals surface area contributed by atoms with Gasteiger partial charge in [-0.1, -0.05) is 36.4 Å². The van der Waals surface area contributed by atoms with E-state index in [1.54, 1.807) is 11.8 Å². The second-order valence-corrected chi connectivity index (χ2v) is 4.44. The van der Waals surface area contributed by atoms with Crippen LogP contribution in [-0.4, -0.2) is 5.75 Å². The molecule has 1 aliphatic heterocycles. The summed E-state index contributed by atoms with van der Waals surface area (Å²) in [5, 5.41) is 9.21. The molecule has 0 aromatic heterocycles. The molecule has 1 aromatic carbocycles. The van der Waals surface area contributed by atoms with E-state index in [9.17, 15) is 5.26 Å². The first kappa shape index (κ1) is 10.1. The number of thioether (sulfide) groups is 1. The predicted molar refractivity (Wildman–Crippen MR) is 65.3 cm³/mol. The Hall–Kier alpha value is -1.46. The highest BCUT2D eigenvalue weighted by Gasteiger charge is 2.11. The fraction of sp³-hybridized carbons (Fsp3) is 0.154. The van der Waals surface area contributed by atoms with Crippen LogP contribution in [-0.2, 0) is 0 Å². The van der Waals surface area contributed by atoms with E-state index in [0.29, 0.717) is 0 Å². The summed E-state index contributed by atoms with van der Waals surface area (Å²) in [5.74, 6) is 0.979. The maximum atomic E-state index is 9.21. The summed E-state index contributed by atoms with van der Waals surface area (Å²) in [5.41, 5.74) is 3.00. The Balaban J connectivity index is 2.54. The van der Waals surface area contributed by atoms with Gasteiger partial charge in [-0.15, -0.1) is 11.8 Å². The van der Waals surface area contributed by atoms with Crippen molar-refractivity contribution >= 4 is 17.3 Å². The van der Waals surface area contributed by atoms with Crippen molar-refractivity contribution in [3.63, 3.8) is 0 Å². The molecule has 0 bridgehead atoms. The molecule has 2 rings (SSSR count). The van der Waals surface area contributed by atoms with Gasteiger partial charge in [-0.2, -0.15) is 5.26 Å². The molecule has 0 saturated carbocycles. The van der Waals surface area contributed by atoms with Gasteiger partial charge in [0.05, 0.1) is 5.57 Å². The summed E-state index contributed by atoms with van der Waals surface area (Å²) in [7, 11) is 0. The van der Waals surface area contributed by atoms with Gasteiger partial charge in [-0.05, 0) is 18.1 Å². The van der Waals surface area contributed by atoms with Crippen LogP contribution in [0.4, 0.5) is 0 Å². The minimum atomic E-state index is 0.798. The molecule has 0 N–H and O–H groups in total. The number of nitrogens with zero attached hydrogens (tertiary/aromatic N) is 1. The molecule has 1 nitrogen and oxygen atoms in total. The highest BCUT2D eigenvalue weighted by molar-refractivity contribution is 8.03. The Bertz CT molecular complexity index is 478. The van der Waals surface area contributed by atoms with Crippen molar-refractivity contribution in [3.8, 4) is 6.07 Å². The lowest BCUT2D eigenvalue weighted by molar-refractivity contribution is 1.42. The molecule has 0 amide bonds. The third-order valence-corrected chi connectivity index (χ3v) is 3.39. The quantitative estimate of drug-likeness (QED) is 0.666. The third-order valence-electron chi connectivity index (χ3n) is 2.38. The van der Waals surface area contributed by atoms with E-state index in [0.717, 1.165) is 27.4 Å². The summed E-state index contributed by atoms with van der Waals surface area (Å²) in [6.07, 6.45) is 4.13. The van der Waals surface area contributed by atoms with Crippen LogP contribution < -0.4 is 0 Å². The summed E-state index contributed by atoms with van der Waals surface area (Å²) in [6.45, 7) is 2.04. The number of allylic oxidation sites excluding steroid dienone is 2. The molecule has 0 spiro atoms. The van der Waals surface area contributed by atoms with Crippen LogP contribution >= 0.6 is 11.8 Å². The van der Waals surface area contributed by atoms with Gasteiger partial charge < -0.3 is 0 Å². The average Bonchev–Trinajstić information content (AvgIpc) is 2.75. The maximum Gasteiger partial charge on any atom is 0.101 e. The molecule has 0 saturated heterocycles. The zero-order valence-electron chi connectivity index (χ0n) is 8.53. The Labute approximate surface area is 94.1 Å². The Kier molecular flexibility index (Phi) is 2.94. The Morgan fingerprint density at radius 2 is 2.20 bits per heavy atom. The molecular weight excluding hydrogens is 202 g/mol. The zero-order chi connectivity index (χ0) is 10.7. The van der Waals surface area contributed by atoms with Crippen LogP contribution in [0.25, 0.3) is 5.57 Å². The lowest BCUT2D eigenvalue weighted by atomic mass is 10.0. The lowest BCUT2D eigenvalue weighted by Crippen LogP contribution is -1.88. The molecule has 0 atom stereocenters. The second-order valence-electron chi connectivity index (χ2n) is 3.38. The average molecular weight is 213 g/mol. The van der Waals surface area contributed by atoms with Crippen molar-refractivity contribution in [2.24, 2.45) is 0 Å². The van der Waals surface area contributed by atoms with Crippen molar-refractivity contribution in [3.05, 3.63) is 52.4 Å². The van der Waals surface area contributed by atoms with Crippen LogP contribution in [0.2, 0.25) is 0 Å². The minimum absolute atomic E-state index is 0.798. The molecular formula is C13H11NS. The third kappa shape index (κ3) is 1.98. The van der Waals surface area contributed by atoms with Crippen molar-refractivity contribution in [1.29, 1.82) is 5.26 Å². The predicted octanol–water partition coefficient (Wildman–Crippen LogP) is 3.53. The van der Waals surface area contributed by atoms with E-state index in [1.165, 1.54) is 0 Å². The first-order valence-corrected chi connectivity index (χ1v) is 5.81. The molecule has 0 radical (unpaired) electrons. The van der Waals surface area contributed by atoms with Crippen molar-refractivity contribution in [1.82, 2.24) is 0 Å². The van der Waals surface area contributed by atoms with E-state index in [4.69, 9.17) is 0 Å². The Morgan fingerprint density at radius 1 is 1.40 bits per heavy atom. The van der Waals surface area contributed by atoms with E-state index < -0.39 is 0 Å². The van der Waals surface area contributed by atoms with Gasteiger partial charge in [0.1, 0.15) is 6.07 Å². The SMILES string of the molecule is Cc1ccccc1/C(C#N)=C1/C=CCS1. The maximum absolute atomic E-state index is 9.21. The highest BCUT2D eigenvalue weighted by Crippen LogP contribution is 2.32. The molecule has 74 valence electrons. The van der Waals surface area contributed by atoms with Gasteiger partial charge in [0.2, 0.25) is 0 Å². The van der Waals surface area contributed by atoms with Gasteiger partial charge >= 0.3 is 0 Å². The van der Waals surface area contributed by atoms with Crippen LogP contribution in [0.1, 0.15) is 11.1 Å². The first-order valence-electron chi connectivity index (χ1n) is 4.82. The first-order chi connectivity index (χ1) is 7.33. The number of benzene rings is 1. The van der Waals surface area contributed by atoms with E-state index in [-0.39, 0.29) is 0 Å².